The number of benzene rings is 2. The quantitative estimate of drug-likeness (QED) is 0.486. The van der Waals surface area contributed by atoms with Crippen LogP contribution in [0.15, 0.2) is 60.7 Å². The number of hydrogen-bond donors (Lipinski definition) is 1. The predicted octanol–water partition coefficient (Wildman–Crippen LogP) is 3.26. The van der Waals surface area contributed by atoms with Crippen LogP contribution < -0.4 is 4.65 Å². The average Bonchev–Trinajstić information content (AvgIpc) is 2.39. The molecule has 0 aliphatic carbocycles. The van der Waals surface area contributed by atoms with Gasteiger partial charge in [0, 0.05) is 24.3 Å². The van der Waals surface area contributed by atoms with Gasteiger partial charge >= 0.3 is 5.91 Å². The zero-order valence-electron chi connectivity index (χ0n) is 9.58. The molecule has 3 nitrogen and oxygen atoms in total. The monoisotopic (exact) mass is 228 g/mol. The molecule has 17 heavy (non-hydrogen) atoms. The van der Waals surface area contributed by atoms with Gasteiger partial charge in [-0.25, -0.2) is 4.79 Å². The van der Waals surface area contributed by atoms with E-state index in [4.69, 9.17) is 0 Å². The Kier molecular flexibility index (Phi) is 3.04. The lowest BCUT2D eigenvalue weighted by atomic mass is 10.2. The number of para-hydroxylation sites is 2. The molecular weight excluding hydrogens is 214 g/mol. The summed E-state index contributed by atoms with van der Waals surface area (Å²) in [5.74, 6) is -0.345. The van der Waals surface area contributed by atoms with E-state index in [0.717, 1.165) is 0 Å². The molecule has 2 aromatic rings. The fourth-order valence-corrected chi connectivity index (χ4v) is 1.80. The first-order valence-electron chi connectivity index (χ1n) is 5.40. The predicted molar refractivity (Wildman–Crippen MR) is 66.8 cm³/mol. The fraction of sp³-hybridized carbons (Fsp3) is 0.0714. The van der Waals surface area contributed by atoms with Crippen LogP contribution in [0.2, 0.25) is 0 Å². The van der Waals surface area contributed by atoms with E-state index in [1.54, 1.807) is 48.5 Å². The summed E-state index contributed by atoms with van der Waals surface area (Å²) in [5.41, 5.74) is 1.07. The van der Waals surface area contributed by atoms with E-state index in [0.29, 0.717) is 11.4 Å². The smallest absolute Gasteiger partial charge is 0.227 e. The molecule has 2 aromatic carbocycles. The standard InChI is InChI=1S/C14H14NO2/c1-12(16)15(17,13-8-4-2-5-9-13)14-10-6-3-7-11-14/h2-11,17H,1H3/q+1. The van der Waals surface area contributed by atoms with Crippen LogP contribution in [0.25, 0.3) is 0 Å². The second-order valence-electron chi connectivity index (χ2n) is 3.83. The molecule has 86 valence electrons. The third-order valence-corrected chi connectivity index (χ3v) is 2.72. The highest BCUT2D eigenvalue weighted by Gasteiger charge is 2.37. The van der Waals surface area contributed by atoms with E-state index in [1.165, 1.54) is 6.92 Å². The van der Waals surface area contributed by atoms with Crippen molar-refractivity contribution in [1.29, 1.82) is 0 Å². The molecule has 1 amide bonds. The molecule has 0 aromatic heterocycles. The average molecular weight is 228 g/mol. The van der Waals surface area contributed by atoms with Crippen LogP contribution in [0.5, 0.6) is 0 Å². The van der Waals surface area contributed by atoms with Gasteiger partial charge < -0.3 is 0 Å². The number of carbonyl (C=O) groups excluding carboxylic acids is 1. The molecule has 0 heterocycles. The van der Waals surface area contributed by atoms with Gasteiger partial charge in [0.05, 0.1) is 6.92 Å². The Balaban J connectivity index is 2.59. The van der Waals surface area contributed by atoms with Crippen LogP contribution in [0.3, 0.4) is 0 Å². The summed E-state index contributed by atoms with van der Waals surface area (Å²) in [6, 6.07) is 17.8. The second kappa shape index (κ2) is 4.49. The minimum Gasteiger partial charge on any atom is -0.227 e. The Hall–Kier alpha value is -1.97. The highest BCUT2D eigenvalue weighted by atomic mass is 16.6. The van der Waals surface area contributed by atoms with Gasteiger partial charge in [0.2, 0.25) is 0 Å². The van der Waals surface area contributed by atoms with E-state index < -0.39 is 4.65 Å². The van der Waals surface area contributed by atoms with Crippen LogP contribution in [0.1, 0.15) is 6.92 Å². The van der Waals surface area contributed by atoms with E-state index >= 15 is 0 Å². The molecular formula is C14H14NO2+. The van der Waals surface area contributed by atoms with Crippen LogP contribution >= 0.6 is 0 Å². The number of amides is 1. The number of hydrogen-bond acceptors (Lipinski definition) is 2. The molecule has 3 heteroatoms. The van der Waals surface area contributed by atoms with Crippen molar-refractivity contribution in [2.45, 2.75) is 6.92 Å². The lowest BCUT2D eigenvalue weighted by Crippen LogP contribution is -2.44. The van der Waals surface area contributed by atoms with Crippen molar-refractivity contribution in [1.82, 2.24) is 4.65 Å². The van der Waals surface area contributed by atoms with Gasteiger partial charge in [-0.1, -0.05) is 41.0 Å². The number of nitrogens with zero attached hydrogens (tertiary/aromatic N) is 1. The molecule has 2 rings (SSSR count). The Morgan fingerprint density at radius 2 is 1.24 bits per heavy atom. The molecule has 0 unspecified atom stereocenters. The van der Waals surface area contributed by atoms with E-state index in [2.05, 4.69) is 0 Å². The molecule has 0 aliphatic heterocycles. The summed E-state index contributed by atoms with van der Waals surface area (Å²) in [4.78, 5) is 11.8. The minimum absolute atomic E-state index is 0.345. The second-order valence-corrected chi connectivity index (χ2v) is 3.83. The normalized spacial score (nSPS) is 11.2. The lowest BCUT2D eigenvalue weighted by Gasteiger charge is -2.24. The van der Waals surface area contributed by atoms with Crippen molar-refractivity contribution in [3.05, 3.63) is 60.7 Å². The molecule has 0 fully saturated rings. The first-order valence-corrected chi connectivity index (χ1v) is 5.40. The molecule has 0 aliphatic rings. The third-order valence-electron chi connectivity index (χ3n) is 2.72. The highest BCUT2D eigenvalue weighted by molar-refractivity contribution is 5.90. The van der Waals surface area contributed by atoms with Crippen molar-refractivity contribution in [3.8, 4) is 0 Å². The Morgan fingerprint density at radius 3 is 1.53 bits per heavy atom. The highest BCUT2D eigenvalue weighted by Crippen LogP contribution is 2.31. The molecule has 1 N–H and O–H groups in total. The summed E-state index contributed by atoms with van der Waals surface area (Å²) in [6.45, 7) is 1.38. The summed E-state index contributed by atoms with van der Waals surface area (Å²) in [7, 11) is 0. The van der Waals surface area contributed by atoms with Gasteiger partial charge in [0.1, 0.15) is 0 Å². The van der Waals surface area contributed by atoms with Crippen molar-refractivity contribution >= 4 is 17.3 Å². The Bertz CT molecular complexity index is 469. The lowest BCUT2D eigenvalue weighted by molar-refractivity contribution is -0.147. The van der Waals surface area contributed by atoms with Gasteiger partial charge in [-0.3, -0.25) is 0 Å². The van der Waals surface area contributed by atoms with Crippen LogP contribution in [0.4, 0.5) is 11.4 Å². The molecule has 0 bridgehead atoms. The summed E-state index contributed by atoms with van der Waals surface area (Å²) < 4.78 is -0.804. The molecule has 0 atom stereocenters. The zero-order valence-corrected chi connectivity index (χ0v) is 9.58. The summed E-state index contributed by atoms with van der Waals surface area (Å²) in [5, 5.41) is 10.6. The van der Waals surface area contributed by atoms with Crippen molar-refractivity contribution in [3.63, 3.8) is 0 Å². The third kappa shape index (κ3) is 1.98. The first kappa shape index (κ1) is 11.5. The van der Waals surface area contributed by atoms with Gasteiger partial charge in [0.25, 0.3) is 0 Å². The van der Waals surface area contributed by atoms with Crippen LogP contribution in [0, 0.1) is 0 Å². The van der Waals surface area contributed by atoms with Crippen molar-refractivity contribution in [2.24, 2.45) is 0 Å². The maximum absolute atomic E-state index is 11.8. The topological polar surface area (TPSA) is 37.3 Å². The number of quaternary nitrogens is 1. The van der Waals surface area contributed by atoms with Crippen LogP contribution in [-0.2, 0) is 4.79 Å². The maximum atomic E-state index is 11.8. The first-order chi connectivity index (χ1) is 8.15. The van der Waals surface area contributed by atoms with Gasteiger partial charge in [-0.05, 0) is 0 Å². The van der Waals surface area contributed by atoms with Gasteiger partial charge in [-0.15, -0.1) is 0 Å². The summed E-state index contributed by atoms with van der Waals surface area (Å²) >= 11 is 0. The van der Waals surface area contributed by atoms with Crippen molar-refractivity contribution in [2.75, 3.05) is 0 Å². The largest absolute Gasteiger partial charge is 0.353 e. The van der Waals surface area contributed by atoms with E-state index in [1.807, 2.05) is 12.1 Å². The SMILES string of the molecule is CC(=O)[N+](O)(c1ccccc1)c1ccccc1. The van der Waals surface area contributed by atoms with Crippen molar-refractivity contribution < 1.29 is 10.0 Å². The maximum Gasteiger partial charge on any atom is 0.353 e. The fourth-order valence-electron chi connectivity index (χ4n) is 1.80. The zero-order chi connectivity index (χ0) is 12.3. The summed E-state index contributed by atoms with van der Waals surface area (Å²) in [6.07, 6.45) is 0. The molecule has 0 radical (unpaired) electrons. The van der Waals surface area contributed by atoms with Gasteiger partial charge in [0.15, 0.2) is 11.4 Å². The van der Waals surface area contributed by atoms with Gasteiger partial charge in [-0.2, -0.15) is 5.21 Å². The molecule has 0 spiro atoms. The van der Waals surface area contributed by atoms with E-state index in [-0.39, 0.29) is 5.91 Å². The number of carbonyl (C=O) groups is 1. The van der Waals surface area contributed by atoms with Crippen LogP contribution in [-0.4, -0.2) is 11.1 Å². The Labute approximate surface area is 100 Å². The minimum atomic E-state index is -0.804. The number of hydroxylamine groups is 1. The Morgan fingerprint density at radius 1 is 0.882 bits per heavy atom. The van der Waals surface area contributed by atoms with E-state index in [9.17, 15) is 10.0 Å². The number of rotatable bonds is 2. The molecule has 0 saturated carbocycles. The molecule has 0 saturated heterocycles.